The van der Waals surface area contributed by atoms with Crippen LogP contribution in [0.25, 0.3) is 10.9 Å². The average Bonchev–Trinajstić information content (AvgIpc) is 2.63. The molecule has 140 valence electrons. The van der Waals surface area contributed by atoms with Crippen molar-refractivity contribution in [2.24, 2.45) is 0 Å². The zero-order chi connectivity index (χ0) is 19.4. The molecule has 0 bridgehead atoms. The lowest BCUT2D eigenvalue weighted by Crippen LogP contribution is -2.41. The van der Waals surface area contributed by atoms with Gasteiger partial charge in [0.05, 0.1) is 17.2 Å². The second-order valence-electron chi connectivity index (χ2n) is 6.05. The second kappa shape index (κ2) is 7.61. The van der Waals surface area contributed by atoms with Gasteiger partial charge < -0.3 is 4.90 Å². The Kier molecular flexibility index (Phi) is 5.25. The molecule has 5 nitrogen and oxygen atoms in total. The molecule has 0 radical (unpaired) electrons. The molecule has 0 aliphatic heterocycles. The Morgan fingerprint density at radius 2 is 1.70 bits per heavy atom. The number of aromatic nitrogens is 2. The van der Waals surface area contributed by atoms with Gasteiger partial charge >= 0.3 is 6.18 Å². The number of benzene rings is 2. The van der Waals surface area contributed by atoms with Gasteiger partial charge in [-0.25, -0.2) is 4.98 Å². The van der Waals surface area contributed by atoms with Crippen LogP contribution in [-0.4, -0.2) is 33.1 Å². The number of hydrogen-bond donors (Lipinski definition) is 0. The van der Waals surface area contributed by atoms with Crippen LogP contribution in [0, 0.1) is 0 Å². The average molecular weight is 375 g/mol. The molecule has 1 amide bonds. The van der Waals surface area contributed by atoms with Crippen LogP contribution in [0.2, 0.25) is 0 Å². The molecule has 3 aromatic rings. The third-order valence-corrected chi connectivity index (χ3v) is 3.98. The van der Waals surface area contributed by atoms with E-state index in [1.807, 2.05) is 0 Å². The van der Waals surface area contributed by atoms with Crippen LogP contribution in [0.1, 0.15) is 5.56 Å². The van der Waals surface area contributed by atoms with Gasteiger partial charge in [0.2, 0.25) is 5.91 Å². The number of carbonyl (C=O) groups excluding carboxylic acids is 1. The van der Waals surface area contributed by atoms with Crippen molar-refractivity contribution in [3.05, 3.63) is 76.8 Å². The molecular weight excluding hydrogens is 359 g/mol. The first-order chi connectivity index (χ1) is 12.8. The van der Waals surface area contributed by atoms with E-state index in [-0.39, 0.29) is 6.54 Å². The third kappa shape index (κ3) is 4.72. The van der Waals surface area contributed by atoms with Crippen LogP contribution in [0.4, 0.5) is 13.2 Å². The molecule has 0 aliphatic carbocycles. The van der Waals surface area contributed by atoms with Gasteiger partial charge in [-0.1, -0.05) is 42.5 Å². The van der Waals surface area contributed by atoms with E-state index in [2.05, 4.69) is 4.98 Å². The van der Waals surface area contributed by atoms with Crippen molar-refractivity contribution in [2.75, 3.05) is 6.54 Å². The Morgan fingerprint density at radius 1 is 1.04 bits per heavy atom. The summed E-state index contributed by atoms with van der Waals surface area (Å²) in [6.45, 7) is -2.11. The summed E-state index contributed by atoms with van der Waals surface area (Å²) in [4.78, 5) is 29.8. The van der Waals surface area contributed by atoms with Crippen molar-refractivity contribution in [1.82, 2.24) is 14.5 Å². The number of rotatable bonds is 5. The van der Waals surface area contributed by atoms with Crippen LogP contribution in [0.15, 0.2) is 65.7 Å². The normalized spacial score (nSPS) is 11.5. The minimum Gasteiger partial charge on any atom is -0.328 e. The van der Waals surface area contributed by atoms with Gasteiger partial charge in [-0.3, -0.25) is 14.2 Å². The predicted octanol–water partition coefficient (Wildman–Crippen LogP) is 2.99. The second-order valence-corrected chi connectivity index (χ2v) is 6.05. The first-order valence-electron chi connectivity index (χ1n) is 8.16. The number of halogens is 3. The van der Waals surface area contributed by atoms with Crippen molar-refractivity contribution in [2.45, 2.75) is 19.3 Å². The molecule has 3 rings (SSSR count). The maximum absolute atomic E-state index is 12.9. The van der Waals surface area contributed by atoms with E-state index < -0.39 is 30.7 Å². The summed E-state index contributed by atoms with van der Waals surface area (Å²) in [7, 11) is 0. The summed E-state index contributed by atoms with van der Waals surface area (Å²) >= 11 is 0. The first kappa shape index (κ1) is 18.6. The highest BCUT2D eigenvalue weighted by Gasteiger charge is 2.33. The highest BCUT2D eigenvalue weighted by molar-refractivity contribution is 5.79. The maximum Gasteiger partial charge on any atom is 0.406 e. The number of amides is 1. The molecule has 0 spiro atoms. The van der Waals surface area contributed by atoms with Crippen LogP contribution in [-0.2, 0) is 17.9 Å². The smallest absolute Gasteiger partial charge is 0.328 e. The zero-order valence-electron chi connectivity index (χ0n) is 14.2. The number of fused-ring (bicyclic) bond motifs is 1. The van der Waals surface area contributed by atoms with Crippen molar-refractivity contribution in [1.29, 1.82) is 0 Å². The fourth-order valence-corrected chi connectivity index (χ4v) is 2.72. The van der Waals surface area contributed by atoms with E-state index in [4.69, 9.17) is 0 Å². The van der Waals surface area contributed by atoms with Gasteiger partial charge in [0.25, 0.3) is 5.56 Å². The van der Waals surface area contributed by atoms with Gasteiger partial charge in [0, 0.05) is 6.54 Å². The van der Waals surface area contributed by atoms with Crippen LogP contribution in [0.5, 0.6) is 0 Å². The van der Waals surface area contributed by atoms with Crippen molar-refractivity contribution >= 4 is 16.8 Å². The molecule has 8 heteroatoms. The molecule has 1 heterocycles. The molecule has 0 aliphatic rings. The summed E-state index contributed by atoms with van der Waals surface area (Å²) in [6.07, 6.45) is -3.37. The van der Waals surface area contributed by atoms with Crippen LogP contribution in [0.3, 0.4) is 0 Å². The molecular formula is C19H16F3N3O2. The van der Waals surface area contributed by atoms with E-state index in [1.54, 1.807) is 54.6 Å². The number of hydrogen-bond acceptors (Lipinski definition) is 3. The SMILES string of the molecule is O=C(Cn1cnc2ccccc2c1=O)N(Cc1ccccc1)CC(F)(F)F. The molecule has 0 fully saturated rings. The van der Waals surface area contributed by atoms with Gasteiger partial charge in [0.15, 0.2) is 0 Å². The van der Waals surface area contributed by atoms with E-state index in [9.17, 15) is 22.8 Å². The minimum absolute atomic E-state index is 0.199. The molecule has 2 aromatic carbocycles. The molecule has 0 saturated carbocycles. The molecule has 0 N–H and O–H groups in total. The number of nitrogens with zero attached hydrogens (tertiary/aromatic N) is 3. The summed E-state index contributed by atoms with van der Waals surface area (Å²) in [6, 6.07) is 15.0. The lowest BCUT2D eigenvalue weighted by Gasteiger charge is -2.24. The summed E-state index contributed by atoms with van der Waals surface area (Å²) < 4.78 is 39.8. The minimum atomic E-state index is -4.54. The first-order valence-corrected chi connectivity index (χ1v) is 8.16. The van der Waals surface area contributed by atoms with Crippen molar-refractivity contribution in [3.8, 4) is 0 Å². The summed E-state index contributed by atoms with van der Waals surface area (Å²) in [5.74, 6) is -0.810. The fourth-order valence-electron chi connectivity index (χ4n) is 2.72. The zero-order valence-corrected chi connectivity index (χ0v) is 14.2. The fraction of sp³-hybridized carbons (Fsp3) is 0.211. The molecule has 0 atom stereocenters. The lowest BCUT2D eigenvalue weighted by molar-refractivity contribution is -0.162. The Hall–Kier alpha value is -3.16. The molecule has 0 saturated heterocycles. The van der Waals surface area contributed by atoms with E-state index >= 15 is 0 Å². The van der Waals surface area contributed by atoms with Gasteiger partial charge in [0.1, 0.15) is 13.1 Å². The third-order valence-electron chi connectivity index (χ3n) is 3.98. The Morgan fingerprint density at radius 3 is 2.41 bits per heavy atom. The standard InChI is InChI=1S/C19H16F3N3O2/c20-19(21,22)12-24(10-14-6-2-1-3-7-14)17(26)11-25-13-23-16-9-5-4-8-15(16)18(25)27/h1-9,13H,10-12H2. The number of alkyl halides is 3. The van der Waals surface area contributed by atoms with Gasteiger partial charge in [-0.05, 0) is 17.7 Å². The summed E-state index contributed by atoms with van der Waals surface area (Å²) in [5.41, 5.74) is 0.558. The maximum atomic E-state index is 12.9. The Labute approximate surface area is 152 Å². The highest BCUT2D eigenvalue weighted by Crippen LogP contribution is 2.18. The number of para-hydroxylation sites is 1. The topological polar surface area (TPSA) is 55.2 Å². The van der Waals surface area contributed by atoms with E-state index in [0.717, 1.165) is 4.57 Å². The quantitative estimate of drug-likeness (QED) is 0.689. The lowest BCUT2D eigenvalue weighted by atomic mass is 10.2. The molecule has 27 heavy (non-hydrogen) atoms. The monoisotopic (exact) mass is 375 g/mol. The largest absolute Gasteiger partial charge is 0.406 e. The Bertz CT molecular complexity index is 1000. The highest BCUT2D eigenvalue weighted by atomic mass is 19.4. The molecule has 1 aromatic heterocycles. The summed E-state index contributed by atoms with van der Waals surface area (Å²) in [5, 5.41) is 0.304. The molecule has 0 unspecified atom stereocenters. The van der Waals surface area contributed by atoms with Gasteiger partial charge in [-0.15, -0.1) is 0 Å². The van der Waals surface area contributed by atoms with Crippen LogP contribution < -0.4 is 5.56 Å². The van der Waals surface area contributed by atoms with Gasteiger partial charge in [-0.2, -0.15) is 13.2 Å². The van der Waals surface area contributed by atoms with Crippen molar-refractivity contribution in [3.63, 3.8) is 0 Å². The number of carbonyl (C=O) groups is 1. The Balaban J connectivity index is 1.85. The predicted molar refractivity (Wildman–Crippen MR) is 93.9 cm³/mol. The van der Waals surface area contributed by atoms with Crippen LogP contribution >= 0.6 is 0 Å². The van der Waals surface area contributed by atoms with E-state index in [1.165, 1.54) is 6.33 Å². The van der Waals surface area contributed by atoms with Crippen molar-refractivity contribution < 1.29 is 18.0 Å². The van der Waals surface area contributed by atoms with E-state index in [0.29, 0.717) is 21.4 Å².